The molecule has 8 nitrogen and oxygen atoms in total. The summed E-state index contributed by atoms with van der Waals surface area (Å²) in [6, 6.07) is 4.74. The van der Waals surface area contributed by atoms with Crippen molar-refractivity contribution in [3.8, 4) is 0 Å². The van der Waals surface area contributed by atoms with Crippen LogP contribution in [0.2, 0.25) is 0 Å². The van der Waals surface area contributed by atoms with E-state index in [2.05, 4.69) is 0 Å². The largest absolute Gasteiger partial charge is 0.481 e. The fourth-order valence-corrected chi connectivity index (χ4v) is 3.95. The third-order valence-electron chi connectivity index (χ3n) is 3.56. The molecule has 0 unspecified atom stereocenters. The summed E-state index contributed by atoms with van der Waals surface area (Å²) in [5.41, 5.74) is -0.321. The van der Waals surface area contributed by atoms with Gasteiger partial charge in [-0.1, -0.05) is 13.0 Å². The quantitative estimate of drug-likeness (QED) is 0.652. The summed E-state index contributed by atoms with van der Waals surface area (Å²) in [5.74, 6) is -2.12. The Bertz CT molecular complexity index is 687. The SMILES string of the molecule is C[C@@H]1CN(S(=O)(=O)c2cccc([N+](=O)[O-])c2)C[C@H]1C(=O)O. The average Bonchev–Trinajstić information content (AvgIpc) is 2.82. The molecule has 0 aliphatic carbocycles. The molecule has 2 rings (SSSR count). The van der Waals surface area contributed by atoms with Crippen molar-refractivity contribution >= 4 is 21.7 Å². The number of carbonyl (C=O) groups is 1. The molecule has 1 aromatic carbocycles. The van der Waals surface area contributed by atoms with Gasteiger partial charge in [-0.15, -0.1) is 0 Å². The van der Waals surface area contributed by atoms with Gasteiger partial charge in [-0.25, -0.2) is 8.42 Å². The van der Waals surface area contributed by atoms with E-state index in [0.29, 0.717) is 0 Å². The van der Waals surface area contributed by atoms with Gasteiger partial charge in [0.25, 0.3) is 5.69 Å². The van der Waals surface area contributed by atoms with Crippen molar-refractivity contribution in [3.63, 3.8) is 0 Å². The van der Waals surface area contributed by atoms with E-state index in [-0.39, 0.29) is 29.6 Å². The van der Waals surface area contributed by atoms with Gasteiger partial charge < -0.3 is 5.11 Å². The first-order chi connectivity index (χ1) is 9.73. The number of hydrogen-bond donors (Lipinski definition) is 1. The number of nitrogens with zero attached hydrogens (tertiary/aromatic N) is 2. The molecule has 0 radical (unpaired) electrons. The lowest BCUT2D eigenvalue weighted by atomic mass is 9.99. The van der Waals surface area contributed by atoms with Gasteiger partial charge in [-0.05, 0) is 12.0 Å². The van der Waals surface area contributed by atoms with E-state index in [1.165, 1.54) is 18.2 Å². The molecule has 2 atom stereocenters. The minimum absolute atomic E-state index is 0.0853. The predicted molar refractivity (Wildman–Crippen MR) is 72.1 cm³/mol. The highest BCUT2D eigenvalue weighted by molar-refractivity contribution is 7.89. The standard InChI is InChI=1S/C12H14N2O6S/c1-8-6-13(7-11(8)12(15)16)21(19,20)10-4-2-3-9(5-10)14(17)18/h2-5,8,11H,6-7H2,1H3,(H,15,16)/t8-,11-/m1/s1. The number of nitro groups is 1. The maximum atomic E-state index is 12.4. The number of carboxylic acids is 1. The smallest absolute Gasteiger partial charge is 0.308 e. The van der Waals surface area contributed by atoms with E-state index in [0.717, 1.165) is 10.4 Å². The lowest BCUT2D eigenvalue weighted by Gasteiger charge is -2.15. The van der Waals surface area contributed by atoms with Gasteiger partial charge in [-0.2, -0.15) is 4.31 Å². The molecule has 1 N–H and O–H groups in total. The third-order valence-corrected chi connectivity index (χ3v) is 5.39. The molecule has 114 valence electrons. The summed E-state index contributed by atoms with van der Waals surface area (Å²) in [4.78, 5) is 20.9. The Morgan fingerprint density at radius 3 is 2.62 bits per heavy atom. The number of aliphatic carboxylic acids is 1. The molecule has 1 aliphatic heterocycles. The van der Waals surface area contributed by atoms with Gasteiger partial charge >= 0.3 is 5.97 Å². The highest BCUT2D eigenvalue weighted by atomic mass is 32.2. The Morgan fingerprint density at radius 2 is 2.10 bits per heavy atom. The summed E-state index contributed by atoms with van der Waals surface area (Å²) in [6.45, 7) is 1.63. The van der Waals surface area contributed by atoms with Crippen LogP contribution in [0.4, 0.5) is 5.69 Å². The van der Waals surface area contributed by atoms with Crippen molar-refractivity contribution in [2.24, 2.45) is 11.8 Å². The fourth-order valence-electron chi connectivity index (χ4n) is 2.35. The van der Waals surface area contributed by atoms with E-state index in [9.17, 15) is 23.3 Å². The first-order valence-electron chi connectivity index (χ1n) is 6.21. The van der Waals surface area contributed by atoms with Crippen molar-refractivity contribution in [1.82, 2.24) is 4.31 Å². The van der Waals surface area contributed by atoms with Crippen molar-refractivity contribution < 1.29 is 23.2 Å². The monoisotopic (exact) mass is 314 g/mol. The van der Waals surface area contributed by atoms with Crippen LogP contribution in [-0.2, 0) is 14.8 Å². The van der Waals surface area contributed by atoms with Crippen molar-refractivity contribution in [3.05, 3.63) is 34.4 Å². The molecular formula is C12H14N2O6S. The molecule has 0 saturated carbocycles. The number of hydrogen-bond acceptors (Lipinski definition) is 5. The lowest BCUT2D eigenvalue weighted by molar-refractivity contribution is -0.385. The zero-order valence-electron chi connectivity index (χ0n) is 11.2. The van der Waals surface area contributed by atoms with E-state index >= 15 is 0 Å². The number of benzene rings is 1. The van der Waals surface area contributed by atoms with Crippen molar-refractivity contribution in [1.29, 1.82) is 0 Å². The van der Waals surface area contributed by atoms with Crippen LogP contribution in [0.5, 0.6) is 0 Å². The third kappa shape index (κ3) is 2.88. The summed E-state index contributed by atoms with van der Waals surface area (Å²) in [6.07, 6.45) is 0. The second kappa shape index (κ2) is 5.41. The van der Waals surface area contributed by atoms with Gasteiger partial charge in [0.05, 0.1) is 15.7 Å². The molecule has 9 heteroatoms. The first kappa shape index (κ1) is 15.4. The fraction of sp³-hybridized carbons (Fsp3) is 0.417. The highest BCUT2D eigenvalue weighted by Gasteiger charge is 2.40. The zero-order chi connectivity index (χ0) is 15.8. The van der Waals surface area contributed by atoms with E-state index in [1.54, 1.807) is 6.92 Å². The van der Waals surface area contributed by atoms with Gasteiger partial charge in [0.1, 0.15) is 0 Å². The van der Waals surface area contributed by atoms with Gasteiger partial charge in [-0.3, -0.25) is 14.9 Å². The predicted octanol–water partition coefficient (Wildman–Crippen LogP) is 0.936. The van der Waals surface area contributed by atoms with Gasteiger partial charge in [0, 0.05) is 25.2 Å². The van der Waals surface area contributed by atoms with E-state index in [4.69, 9.17) is 5.11 Å². The van der Waals surface area contributed by atoms with Crippen LogP contribution < -0.4 is 0 Å². The molecule has 1 aliphatic rings. The van der Waals surface area contributed by atoms with E-state index in [1.807, 2.05) is 0 Å². The van der Waals surface area contributed by atoms with Crippen LogP contribution in [-0.4, -0.2) is 41.8 Å². The number of rotatable bonds is 4. The van der Waals surface area contributed by atoms with Gasteiger partial charge in [0.15, 0.2) is 0 Å². The van der Waals surface area contributed by atoms with Gasteiger partial charge in [0.2, 0.25) is 10.0 Å². The number of carboxylic acid groups (broad SMARTS) is 1. The lowest BCUT2D eigenvalue weighted by Crippen LogP contribution is -2.30. The second-order valence-electron chi connectivity index (χ2n) is 5.00. The number of sulfonamides is 1. The first-order valence-corrected chi connectivity index (χ1v) is 7.65. The normalized spacial score (nSPS) is 23.1. The number of non-ortho nitro benzene ring substituents is 1. The molecule has 1 heterocycles. The van der Waals surface area contributed by atoms with Crippen molar-refractivity contribution in [2.75, 3.05) is 13.1 Å². The maximum absolute atomic E-state index is 12.4. The molecule has 0 aromatic heterocycles. The Kier molecular flexibility index (Phi) is 3.97. The molecule has 1 aromatic rings. The molecule has 1 saturated heterocycles. The maximum Gasteiger partial charge on any atom is 0.308 e. The molecular weight excluding hydrogens is 300 g/mol. The topological polar surface area (TPSA) is 118 Å². The summed E-state index contributed by atoms with van der Waals surface area (Å²) >= 11 is 0. The van der Waals surface area contributed by atoms with E-state index < -0.39 is 26.8 Å². The van der Waals surface area contributed by atoms with Crippen LogP contribution in [0, 0.1) is 22.0 Å². The minimum atomic E-state index is -3.93. The summed E-state index contributed by atoms with van der Waals surface area (Å²) in [5, 5.41) is 19.8. The molecule has 21 heavy (non-hydrogen) atoms. The summed E-state index contributed by atoms with van der Waals surface area (Å²) < 4.78 is 25.9. The van der Waals surface area contributed by atoms with Crippen LogP contribution in [0.15, 0.2) is 29.2 Å². The zero-order valence-corrected chi connectivity index (χ0v) is 12.0. The van der Waals surface area contributed by atoms with Crippen LogP contribution >= 0.6 is 0 Å². The molecule has 1 fully saturated rings. The average molecular weight is 314 g/mol. The highest BCUT2D eigenvalue weighted by Crippen LogP contribution is 2.29. The Hall–Kier alpha value is -2.00. The molecule has 0 bridgehead atoms. The Labute approximate surface area is 121 Å². The molecule has 0 spiro atoms. The second-order valence-corrected chi connectivity index (χ2v) is 6.94. The van der Waals surface area contributed by atoms with Crippen LogP contribution in [0.3, 0.4) is 0 Å². The minimum Gasteiger partial charge on any atom is -0.481 e. The van der Waals surface area contributed by atoms with Crippen LogP contribution in [0.1, 0.15) is 6.92 Å². The Balaban J connectivity index is 2.33. The molecule has 0 amide bonds. The summed E-state index contributed by atoms with van der Waals surface area (Å²) in [7, 11) is -3.93. The Morgan fingerprint density at radius 1 is 1.43 bits per heavy atom. The van der Waals surface area contributed by atoms with Crippen molar-refractivity contribution in [2.45, 2.75) is 11.8 Å². The van der Waals surface area contributed by atoms with Crippen LogP contribution in [0.25, 0.3) is 0 Å². The number of nitro benzene ring substituents is 1.